The maximum atomic E-state index is 6.51. The van der Waals surface area contributed by atoms with Crippen LogP contribution < -0.4 is 0 Å². The van der Waals surface area contributed by atoms with Crippen LogP contribution in [0, 0.1) is 0 Å². The van der Waals surface area contributed by atoms with Gasteiger partial charge < -0.3 is 8.83 Å². The van der Waals surface area contributed by atoms with Crippen molar-refractivity contribution >= 4 is 43.8 Å². The molecular weight excluding hydrogens is 687 g/mol. The summed E-state index contributed by atoms with van der Waals surface area (Å²) >= 11 is 0. The molecule has 0 radical (unpaired) electrons. The van der Waals surface area contributed by atoms with Gasteiger partial charge in [-0.25, -0.2) is 15.0 Å². The molecule has 0 amide bonds. The van der Waals surface area contributed by atoms with Crippen LogP contribution in [0.15, 0.2) is 197 Å². The molecular formula is C51H31N3O2. The number of hydrogen-bond donors (Lipinski definition) is 0. The molecule has 0 aliphatic rings. The van der Waals surface area contributed by atoms with Crippen LogP contribution >= 0.6 is 0 Å². The number of oxazole rings is 1. The summed E-state index contributed by atoms with van der Waals surface area (Å²) in [5.41, 5.74) is 13.1. The fourth-order valence-electron chi connectivity index (χ4n) is 7.83. The molecule has 0 fully saturated rings. The Hall–Kier alpha value is -7.63. The molecule has 56 heavy (non-hydrogen) atoms. The fraction of sp³-hybridized carbons (Fsp3) is 0. The molecule has 11 rings (SSSR count). The first-order valence-corrected chi connectivity index (χ1v) is 18.7. The zero-order valence-corrected chi connectivity index (χ0v) is 30.1. The van der Waals surface area contributed by atoms with E-state index in [2.05, 4.69) is 121 Å². The maximum Gasteiger partial charge on any atom is 0.227 e. The predicted octanol–water partition coefficient (Wildman–Crippen LogP) is 13.7. The molecule has 0 saturated heterocycles. The largest absolute Gasteiger partial charge is 0.455 e. The second kappa shape index (κ2) is 13.0. The zero-order chi connectivity index (χ0) is 37.0. The molecule has 0 bridgehead atoms. The molecule has 0 aliphatic heterocycles. The summed E-state index contributed by atoms with van der Waals surface area (Å²) in [6.45, 7) is 0. The number of hydrogen-bond acceptors (Lipinski definition) is 5. The third-order valence-corrected chi connectivity index (χ3v) is 10.5. The smallest absolute Gasteiger partial charge is 0.227 e. The van der Waals surface area contributed by atoms with Gasteiger partial charge in [0.05, 0.1) is 11.4 Å². The van der Waals surface area contributed by atoms with Crippen molar-refractivity contribution in [2.75, 3.05) is 0 Å². The van der Waals surface area contributed by atoms with Gasteiger partial charge in [0.1, 0.15) is 16.7 Å². The highest BCUT2D eigenvalue weighted by atomic mass is 16.3. The molecule has 262 valence electrons. The van der Waals surface area contributed by atoms with E-state index in [-0.39, 0.29) is 0 Å². The first kappa shape index (κ1) is 31.9. The molecule has 11 aromatic rings. The number of nitrogens with zero attached hydrogens (tertiary/aromatic N) is 3. The number of fused-ring (bicyclic) bond motifs is 6. The molecule has 0 unspecified atom stereocenters. The van der Waals surface area contributed by atoms with E-state index >= 15 is 0 Å². The van der Waals surface area contributed by atoms with Gasteiger partial charge in [0.2, 0.25) is 5.89 Å². The second-order valence-corrected chi connectivity index (χ2v) is 14.0. The Balaban J connectivity index is 1.05. The molecule has 0 N–H and O–H groups in total. The van der Waals surface area contributed by atoms with E-state index in [0.29, 0.717) is 11.7 Å². The Bertz CT molecular complexity index is 3250. The van der Waals surface area contributed by atoms with Crippen LogP contribution in [-0.4, -0.2) is 15.0 Å². The summed E-state index contributed by atoms with van der Waals surface area (Å²) in [7, 11) is 0. The van der Waals surface area contributed by atoms with E-state index in [9.17, 15) is 0 Å². The third kappa shape index (κ3) is 5.45. The van der Waals surface area contributed by atoms with Crippen molar-refractivity contribution in [2.24, 2.45) is 0 Å². The minimum Gasteiger partial charge on any atom is -0.455 e. The van der Waals surface area contributed by atoms with Gasteiger partial charge in [0, 0.05) is 44.0 Å². The molecule has 0 saturated carbocycles. The van der Waals surface area contributed by atoms with Gasteiger partial charge in [-0.1, -0.05) is 146 Å². The molecule has 3 aromatic heterocycles. The van der Waals surface area contributed by atoms with Crippen LogP contribution in [-0.2, 0) is 0 Å². The Morgan fingerprint density at radius 3 is 1.80 bits per heavy atom. The van der Waals surface area contributed by atoms with E-state index in [0.717, 1.165) is 99.7 Å². The molecule has 8 aromatic carbocycles. The van der Waals surface area contributed by atoms with E-state index in [1.54, 1.807) is 0 Å². The van der Waals surface area contributed by atoms with E-state index in [1.807, 2.05) is 66.7 Å². The summed E-state index contributed by atoms with van der Waals surface area (Å²) in [5, 5.41) is 4.32. The minimum absolute atomic E-state index is 0.605. The maximum absolute atomic E-state index is 6.51. The highest BCUT2D eigenvalue weighted by Gasteiger charge is 2.18. The lowest BCUT2D eigenvalue weighted by Crippen LogP contribution is -1.96. The average Bonchev–Trinajstić information content (AvgIpc) is 3.89. The lowest BCUT2D eigenvalue weighted by molar-refractivity contribution is 0.623. The van der Waals surface area contributed by atoms with Crippen molar-refractivity contribution in [1.82, 2.24) is 15.0 Å². The SMILES string of the molecule is c1ccc(-c2cc(-c3cccc(-c4cccc5c4oc4ccccc45)c3)nc(-c3cccc(-c4cccc5ccc6nc(-c7ccccc7)oc6c45)c3)n2)cc1. The molecule has 0 aliphatic carbocycles. The average molecular weight is 718 g/mol. The van der Waals surface area contributed by atoms with Gasteiger partial charge in [0.15, 0.2) is 11.4 Å². The predicted molar refractivity (Wildman–Crippen MR) is 227 cm³/mol. The van der Waals surface area contributed by atoms with Crippen LogP contribution in [0.3, 0.4) is 0 Å². The number of aromatic nitrogens is 3. The summed E-state index contributed by atoms with van der Waals surface area (Å²) in [4.78, 5) is 15.3. The van der Waals surface area contributed by atoms with Crippen molar-refractivity contribution in [3.63, 3.8) is 0 Å². The number of benzene rings is 8. The summed E-state index contributed by atoms with van der Waals surface area (Å²) in [6.07, 6.45) is 0. The van der Waals surface area contributed by atoms with Gasteiger partial charge in [-0.05, 0) is 64.5 Å². The summed E-state index contributed by atoms with van der Waals surface area (Å²) in [5.74, 6) is 1.25. The molecule has 5 nitrogen and oxygen atoms in total. The standard InChI is InChI=1S/C51H31N3O2/c1-3-13-32(14-4-1)44-31-45(37-20-9-19-36(29-37)40-24-12-25-42-41-22-7-8-26-46(41)55-48(40)42)53-50(52-44)38-21-10-18-35(30-38)39-23-11-17-33-27-28-43-49(47(33)39)56-51(54-43)34-15-5-2-6-16-34/h1-31H. The van der Waals surface area contributed by atoms with Crippen molar-refractivity contribution < 1.29 is 8.83 Å². The van der Waals surface area contributed by atoms with Gasteiger partial charge in [-0.3, -0.25) is 0 Å². The van der Waals surface area contributed by atoms with Crippen molar-refractivity contribution in [1.29, 1.82) is 0 Å². The number of furan rings is 1. The van der Waals surface area contributed by atoms with E-state index in [4.69, 9.17) is 23.8 Å². The van der Waals surface area contributed by atoms with Crippen LogP contribution in [0.25, 0.3) is 111 Å². The zero-order valence-electron chi connectivity index (χ0n) is 30.1. The summed E-state index contributed by atoms with van der Waals surface area (Å²) in [6, 6.07) is 64.5. The molecule has 0 spiro atoms. The van der Waals surface area contributed by atoms with Crippen LogP contribution in [0.5, 0.6) is 0 Å². The highest BCUT2D eigenvalue weighted by molar-refractivity contribution is 6.12. The lowest BCUT2D eigenvalue weighted by Gasteiger charge is -2.12. The van der Waals surface area contributed by atoms with Gasteiger partial charge in [-0.2, -0.15) is 0 Å². The summed E-state index contributed by atoms with van der Waals surface area (Å²) < 4.78 is 12.9. The van der Waals surface area contributed by atoms with Crippen molar-refractivity contribution in [3.05, 3.63) is 188 Å². The van der Waals surface area contributed by atoms with E-state index < -0.39 is 0 Å². The van der Waals surface area contributed by atoms with Crippen LogP contribution in [0.2, 0.25) is 0 Å². The van der Waals surface area contributed by atoms with Crippen molar-refractivity contribution in [3.8, 4) is 67.6 Å². The van der Waals surface area contributed by atoms with Gasteiger partial charge in [0.25, 0.3) is 0 Å². The normalized spacial score (nSPS) is 11.6. The van der Waals surface area contributed by atoms with Crippen LogP contribution in [0.4, 0.5) is 0 Å². The first-order valence-electron chi connectivity index (χ1n) is 18.7. The Labute approximate surface area is 322 Å². The van der Waals surface area contributed by atoms with Crippen molar-refractivity contribution in [2.45, 2.75) is 0 Å². The Morgan fingerprint density at radius 1 is 0.357 bits per heavy atom. The molecule has 0 atom stereocenters. The minimum atomic E-state index is 0.605. The number of rotatable bonds is 6. The number of para-hydroxylation sites is 2. The Morgan fingerprint density at radius 2 is 0.964 bits per heavy atom. The van der Waals surface area contributed by atoms with Crippen LogP contribution in [0.1, 0.15) is 0 Å². The second-order valence-electron chi connectivity index (χ2n) is 14.0. The third-order valence-electron chi connectivity index (χ3n) is 10.5. The Kier molecular flexibility index (Phi) is 7.42. The molecule has 5 heteroatoms. The van der Waals surface area contributed by atoms with E-state index in [1.165, 1.54) is 0 Å². The highest BCUT2D eigenvalue weighted by Crippen LogP contribution is 2.40. The fourth-order valence-corrected chi connectivity index (χ4v) is 7.83. The quantitative estimate of drug-likeness (QED) is 0.171. The van der Waals surface area contributed by atoms with Gasteiger partial charge in [-0.15, -0.1) is 0 Å². The monoisotopic (exact) mass is 717 g/mol. The first-order chi connectivity index (χ1) is 27.7. The van der Waals surface area contributed by atoms with Gasteiger partial charge >= 0.3 is 0 Å². The topological polar surface area (TPSA) is 65.0 Å². The lowest BCUT2D eigenvalue weighted by atomic mass is 9.96. The molecule has 3 heterocycles.